The highest BCUT2D eigenvalue weighted by molar-refractivity contribution is 5.82. The van der Waals surface area contributed by atoms with Gasteiger partial charge in [-0.25, -0.2) is 0 Å². The maximum Gasteiger partial charge on any atom is 0.237 e. The average molecular weight is 267 g/mol. The number of rotatable bonds is 3. The number of carbonyl (C=O) groups is 1. The van der Waals surface area contributed by atoms with E-state index in [4.69, 9.17) is 0 Å². The Balaban J connectivity index is 1.79. The average Bonchev–Trinajstić information content (AvgIpc) is 2.51. The standard InChI is InChI=1S/C16H17N3O/c20-16-15(18-7-8-19-16)10-12-3-1-4-13(9-12)14-5-2-6-17-11-14/h1-6,9,11,15,18H,7-8,10H2,(H,19,20). The number of aromatic nitrogens is 1. The molecule has 2 aromatic rings. The van der Waals surface area contributed by atoms with Crippen LogP contribution in [-0.2, 0) is 11.2 Å². The zero-order valence-electron chi connectivity index (χ0n) is 11.2. The topological polar surface area (TPSA) is 54.0 Å². The van der Waals surface area contributed by atoms with Crippen LogP contribution in [0.5, 0.6) is 0 Å². The van der Waals surface area contributed by atoms with E-state index in [1.54, 1.807) is 6.20 Å². The lowest BCUT2D eigenvalue weighted by atomic mass is 9.99. The molecule has 1 amide bonds. The summed E-state index contributed by atoms with van der Waals surface area (Å²) in [6.07, 6.45) is 4.33. The molecule has 0 radical (unpaired) electrons. The van der Waals surface area contributed by atoms with Gasteiger partial charge in [-0.15, -0.1) is 0 Å². The van der Waals surface area contributed by atoms with E-state index in [1.807, 2.05) is 24.4 Å². The largest absolute Gasteiger partial charge is 0.353 e. The van der Waals surface area contributed by atoms with Crippen LogP contribution in [-0.4, -0.2) is 30.0 Å². The van der Waals surface area contributed by atoms with Crippen molar-refractivity contribution in [3.8, 4) is 11.1 Å². The minimum Gasteiger partial charge on any atom is -0.353 e. The van der Waals surface area contributed by atoms with Crippen molar-refractivity contribution in [1.29, 1.82) is 0 Å². The summed E-state index contributed by atoms with van der Waals surface area (Å²) >= 11 is 0. The minimum absolute atomic E-state index is 0.0861. The quantitative estimate of drug-likeness (QED) is 0.883. The maximum atomic E-state index is 11.8. The van der Waals surface area contributed by atoms with Gasteiger partial charge in [0.1, 0.15) is 0 Å². The van der Waals surface area contributed by atoms with Gasteiger partial charge in [0.05, 0.1) is 6.04 Å². The van der Waals surface area contributed by atoms with Gasteiger partial charge in [-0.05, 0) is 29.2 Å². The first-order valence-corrected chi connectivity index (χ1v) is 6.83. The van der Waals surface area contributed by atoms with Crippen LogP contribution in [0, 0.1) is 0 Å². The van der Waals surface area contributed by atoms with E-state index < -0.39 is 0 Å². The van der Waals surface area contributed by atoms with E-state index in [2.05, 4.69) is 33.8 Å². The van der Waals surface area contributed by atoms with Crippen LogP contribution in [0.2, 0.25) is 0 Å². The van der Waals surface area contributed by atoms with Crippen molar-refractivity contribution >= 4 is 5.91 Å². The molecule has 0 bridgehead atoms. The molecule has 20 heavy (non-hydrogen) atoms. The molecule has 2 heterocycles. The number of nitrogens with one attached hydrogen (secondary N) is 2. The number of hydrogen-bond donors (Lipinski definition) is 2. The fourth-order valence-corrected chi connectivity index (χ4v) is 2.46. The predicted octanol–water partition coefficient (Wildman–Crippen LogP) is 1.38. The Morgan fingerprint density at radius 2 is 2.05 bits per heavy atom. The predicted molar refractivity (Wildman–Crippen MR) is 78.2 cm³/mol. The maximum absolute atomic E-state index is 11.8. The third-order valence-corrected chi connectivity index (χ3v) is 3.49. The normalized spacial score (nSPS) is 18.6. The highest BCUT2D eigenvalue weighted by atomic mass is 16.2. The van der Waals surface area contributed by atoms with Gasteiger partial charge in [-0.1, -0.05) is 30.3 Å². The lowest BCUT2D eigenvalue weighted by molar-refractivity contribution is -0.124. The first-order valence-electron chi connectivity index (χ1n) is 6.83. The Morgan fingerprint density at radius 3 is 2.85 bits per heavy atom. The summed E-state index contributed by atoms with van der Waals surface area (Å²) in [7, 11) is 0. The van der Waals surface area contributed by atoms with Gasteiger partial charge in [0.2, 0.25) is 5.91 Å². The number of carbonyl (C=O) groups excluding carboxylic acids is 1. The van der Waals surface area contributed by atoms with Crippen molar-refractivity contribution < 1.29 is 4.79 Å². The van der Waals surface area contributed by atoms with E-state index in [-0.39, 0.29) is 11.9 Å². The monoisotopic (exact) mass is 267 g/mol. The van der Waals surface area contributed by atoms with Crippen molar-refractivity contribution in [2.24, 2.45) is 0 Å². The smallest absolute Gasteiger partial charge is 0.237 e. The van der Waals surface area contributed by atoms with Crippen LogP contribution in [0.1, 0.15) is 5.56 Å². The van der Waals surface area contributed by atoms with Gasteiger partial charge in [0, 0.05) is 25.5 Å². The molecule has 1 aromatic carbocycles. The Bertz CT molecular complexity index is 598. The second-order valence-corrected chi connectivity index (χ2v) is 4.94. The zero-order valence-corrected chi connectivity index (χ0v) is 11.2. The molecule has 3 rings (SSSR count). The van der Waals surface area contributed by atoms with E-state index in [9.17, 15) is 4.79 Å². The van der Waals surface area contributed by atoms with Gasteiger partial charge in [-0.2, -0.15) is 0 Å². The molecule has 2 N–H and O–H groups in total. The van der Waals surface area contributed by atoms with Crippen LogP contribution in [0.15, 0.2) is 48.8 Å². The summed E-state index contributed by atoms with van der Waals surface area (Å²) in [4.78, 5) is 15.9. The van der Waals surface area contributed by atoms with E-state index >= 15 is 0 Å². The fourth-order valence-electron chi connectivity index (χ4n) is 2.46. The highest BCUT2D eigenvalue weighted by Crippen LogP contribution is 2.20. The summed E-state index contributed by atoms with van der Waals surface area (Å²) in [6.45, 7) is 1.55. The third kappa shape index (κ3) is 2.86. The third-order valence-electron chi connectivity index (χ3n) is 3.49. The minimum atomic E-state index is -0.132. The molecule has 1 aliphatic heterocycles. The SMILES string of the molecule is O=C1NCCNC1Cc1cccc(-c2cccnc2)c1. The summed E-state index contributed by atoms with van der Waals surface area (Å²) < 4.78 is 0. The molecule has 1 aliphatic rings. The van der Waals surface area contributed by atoms with Gasteiger partial charge in [0.25, 0.3) is 0 Å². The lowest BCUT2D eigenvalue weighted by Crippen LogP contribution is -2.53. The summed E-state index contributed by atoms with van der Waals surface area (Å²) in [5.74, 6) is 0.0861. The van der Waals surface area contributed by atoms with Crippen molar-refractivity contribution in [3.63, 3.8) is 0 Å². The molecule has 1 saturated heterocycles. The molecular weight excluding hydrogens is 250 g/mol. The van der Waals surface area contributed by atoms with Gasteiger partial charge in [-0.3, -0.25) is 9.78 Å². The van der Waals surface area contributed by atoms with Gasteiger partial charge >= 0.3 is 0 Å². The summed E-state index contributed by atoms with van der Waals surface area (Å²) in [5.41, 5.74) is 3.38. The van der Waals surface area contributed by atoms with Crippen molar-refractivity contribution in [2.75, 3.05) is 13.1 Å². The summed E-state index contributed by atoms with van der Waals surface area (Å²) in [6, 6.07) is 12.1. The van der Waals surface area contributed by atoms with E-state index in [1.165, 1.54) is 0 Å². The van der Waals surface area contributed by atoms with Crippen molar-refractivity contribution in [1.82, 2.24) is 15.6 Å². The van der Waals surface area contributed by atoms with E-state index in [0.29, 0.717) is 13.0 Å². The molecule has 4 heteroatoms. The van der Waals surface area contributed by atoms with Crippen LogP contribution < -0.4 is 10.6 Å². The fraction of sp³-hybridized carbons (Fsp3) is 0.250. The Morgan fingerprint density at radius 1 is 1.15 bits per heavy atom. The Labute approximate surface area is 118 Å². The molecule has 1 unspecified atom stereocenters. The van der Waals surface area contributed by atoms with Gasteiger partial charge < -0.3 is 10.6 Å². The number of pyridine rings is 1. The molecule has 0 saturated carbocycles. The first-order chi connectivity index (χ1) is 9.83. The first kappa shape index (κ1) is 12.8. The number of nitrogens with zero attached hydrogens (tertiary/aromatic N) is 1. The van der Waals surface area contributed by atoms with Crippen LogP contribution in [0.25, 0.3) is 11.1 Å². The van der Waals surface area contributed by atoms with Crippen molar-refractivity contribution in [2.45, 2.75) is 12.5 Å². The molecule has 1 aromatic heterocycles. The Hall–Kier alpha value is -2.20. The molecule has 0 aliphatic carbocycles. The molecule has 1 fully saturated rings. The van der Waals surface area contributed by atoms with Crippen molar-refractivity contribution in [3.05, 3.63) is 54.4 Å². The highest BCUT2D eigenvalue weighted by Gasteiger charge is 2.21. The number of benzene rings is 1. The molecule has 102 valence electrons. The summed E-state index contributed by atoms with van der Waals surface area (Å²) in [5, 5.41) is 6.14. The zero-order chi connectivity index (χ0) is 13.8. The lowest BCUT2D eigenvalue weighted by Gasteiger charge is -2.23. The van der Waals surface area contributed by atoms with Crippen LogP contribution in [0.3, 0.4) is 0 Å². The molecular formula is C16H17N3O. The second kappa shape index (κ2) is 5.84. The molecule has 4 nitrogen and oxygen atoms in total. The molecule has 0 spiro atoms. The van der Waals surface area contributed by atoms with Gasteiger partial charge in [0.15, 0.2) is 0 Å². The number of hydrogen-bond acceptors (Lipinski definition) is 3. The number of amides is 1. The van der Waals surface area contributed by atoms with E-state index in [0.717, 1.165) is 23.2 Å². The van der Waals surface area contributed by atoms with Crippen LogP contribution >= 0.6 is 0 Å². The molecule has 1 atom stereocenters. The second-order valence-electron chi connectivity index (χ2n) is 4.94. The number of piperazine rings is 1. The Kier molecular flexibility index (Phi) is 3.74. The van der Waals surface area contributed by atoms with Crippen LogP contribution in [0.4, 0.5) is 0 Å².